The van der Waals surface area contributed by atoms with Crippen molar-refractivity contribution >= 4 is 44.0 Å². The van der Waals surface area contributed by atoms with Crippen LogP contribution in [0.3, 0.4) is 0 Å². The van der Waals surface area contributed by atoms with Gasteiger partial charge in [0.05, 0.1) is 23.1 Å². The minimum Gasteiger partial charge on any atom is -0.465 e. The summed E-state index contributed by atoms with van der Waals surface area (Å²) in [5.41, 5.74) is 1.85. The summed E-state index contributed by atoms with van der Waals surface area (Å²) >= 11 is 1.34. The molecule has 0 fully saturated rings. The molecule has 10 heteroatoms. The lowest BCUT2D eigenvalue weighted by molar-refractivity contribution is -0.119. The lowest BCUT2D eigenvalue weighted by atomic mass is 9.88. The molecule has 1 atom stereocenters. The van der Waals surface area contributed by atoms with Crippen molar-refractivity contribution in [3.05, 3.63) is 45.3 Å². The maximum absolute atomic E-state index is 12.5. The molecule has 0 spiro atoms. The van der Waals surface area contributed by atoms with Crippen molar-refractivity contribution < 1.29 is 32.3 Å². The third-order valence-electron chi connectivity index (χ3n) is 5.35. The molecule has 3 rings (SSSR count). The lowest BCUT2D eigenvalue weighted by Crippen LogP contribution is -2.22. The Labute approximate surface area is 190 Å². The number of rotatable bonds is 6. The summed E-state index contributed by atoms with van der Waals surface area (Å²) in [6.07, 6.45) is 3.55. The zero-order valence-corrected chi connectivity index (χ0v) is 19.9. The fourth-order valence-electron chi connectivity index (χ4n) is 3.58. The van der Waals surface area contributed by atoms with E-state index < -0.39 is 34.3 Å². The molecule has 1 aliphatic rings. The standard InChI is InChI=1S/C22H25NO7S2/c1-12-5-8-15-17(9-12)31-20(19(15)22(26)29-3)23-18(24)11-30-21(25)16-10-14(32(4,27)28)7-6-13(16)2/h6-7,10,12H,5,8-9,11H2,1-4H3,(H,23,24). The molecular formula is C22H25NO7S2. The van der Waals surface area contributed by atoms with E-state index in [2.05, 4.69) is 12.2 Å². The van der Waals surface area contributed by atoms with Gasteiger partial charge in [-0.3, -0.25) is 4.79 Å². The largest absolute Gasteiger partial charge is 0.465 e. The molecule has 0 saturated heterocycles. The Kier molecular flexibility index (Phi) is 7.04. The average Bonchev–Trinajstić information content (AvgIpc) is 3.07. The van der Waals surface area contributed by atoms with Crippen LogP contribution in [0.2, 0.25) is 0 Å². The van der Waals surface area contributed by atoms with Crippen LogP contribution in [0.15, 0.2) is 23.1 Å². The summed E-state index contributed by atoms with van der Waals surface area (Å²) in [5.74, 6) is -1.44. The second-order valence-corrected chi connectivity index (χ2v) is 11.0. The normalized spacial score (nSPS) is 15.6. The highest BCUT2D eigenvalue weighted by atomic mass is 32.2. The molecule has 1 amide bonds. The number of hydrogen-bond donors (Lipinski definition) is 1. The molecule has 8 nitrogen and oxygen atoms in total. The van der Waals surface area contributed by atoms with Gasteiger partial charge in [-0.05, 0) is 55.4 Å². The molecule has 0 radical (unpaired) electrons. The summed E-state index contributed by atoms with van der Waals surface area (Å²) < 4.78 is 33.5. The first-order chi connectivity index (χ1) is 15.0. The van der Waals surface area contributed by atoms with E-state index in [0.717, 1.165) is 36.0 Å². The number of methoxy groups -OCH3 is 1. The molecule has 1 aliphatic carbocycles. The zero-order chi connectivity index (χ0) is 23.6. The summed E-state index contributed by atoms with van der Waals surface area (Å²) in [5, 5.41) is 3.04. The van der Waals surface area contributed by atoms with Crippen molar-refractivity contribution in [1.29, 1.82) is 0 Å². The monoisotopic (exact) mass is 479 g/mol. The highest BCUT2D eigenvalue weighted by Gasteiger charge is 2.29. The van der Waals surface area contributed by atoms with E-state index in [1.807, 2.05) is 0 Å². The first kappa shape index (κ1) is 23.9. The molecule has 0 aliphatic heterocycles. The van der Waals surface area contributed by atoms with Gasteiger partial charge in [-0.25, -0.2) is 18.0 Å². The van der Waals surface area contributed by atoms with Gasteiger partial charge in [0, 0.05) is 11.1 Å². The van der Waals surface area contributed by atoms with Gasteiger partial charge in [0.15, 0.2) is 16.4 Å². The molecular weight excluding hydrogens is 454 g/mol. The van der Waals surface area contributed by atoms with E-state index in [4.69, 9.17) is 9.47 Å². The number of sulfone groups is 1. The average molecular weight is 480 g/mol. The number of benzene rings is 1. The number of fused-ring (bicyclic) bond motifs is 1. The highest BCUT2D eigenvalue weighted by molar-refractivity contribution is 7.90. The van der Waals surface area contributed by atoms with Crippen LogP contribution in [0.25, 0.3) is 0 Å². The number of hydrogen-bond acceptors (Lipinski definition) is 8. The van der Waals surface area contributed by atoms with Gasteiger partial charge in [-0.2, -0.15) is 0 Å². The van der Waals surface area contributed by atoms with Crippen LogP contribution in [-0.4, -0.2) is 46.2 Å². The molecule has 1 N–H and O–H groups in total. The Bertz CT molecular complexity index is 1180. The molecule has 0 saturated carbocycles. The van der Waals surface area contributed by atoms with Crippen molar-refractivity contribution in [3.63, 3.8) is 0 Å². The second kappa shape index (κ2) is 9.41. The van der Waals surface area contributed by atoms with Gasteiger partial charge < -0.3 is 14.8 Å². The Morgan fingerprint density at radius 3 is 2.59 bits per heavy atom. The van der Waals surface area contributed by atoms with Crippen LogP contribution >= 0.6 is 11.3 Å². The van der Waals surface area contributed by atoms with Crippen LogP contribution in [0.5, 0.6) is 0 Å². The fraction of sp³-hybridized carbons (Fsp3) is 0.409. The minimum atomic E-state index is -3.50. The maximum Gasteiger partial charge on any atom is 0.341 e. The van der Waals surface area contributed by atoms with E-state index in [1.54, 1.807) is 6.92 Å². The number of carbonyl (C=O) groups excluding carboxylic acids is 3. The topological polar surface area (TPSA) is 116 Å². The molecule has 1 unspecified atom stereocenters. The number of amides is 1. The predicted octanol–water partition coefficient (Wildman–Crippen LogP) is 3.17. The molecule has 2 aromatic rings. The minimum absolute atomic E-state index is 0.0133. The van der Waals surface area contributed by atoms with Crippen LogP contribution in [0, 0.1) is 12.8 Å². The van der Waals surface area contributed by atoms with Crippen LogP contribution in [0.1, 0.15) is 50.1 Å². The molecule has 1 heterocycles. The van der Waals surface area contributed by atoms with Gasteiger partial charge in [0.25, 0.3) is 5.91 Å². The first-order valence-corrected chi connectivity index (χ1v) is 12.7. The number of nitrogens with one attached hydrogen (secondary N) is 1. The van der Waals surface area contributed by atoms with Gasteiger partial charge >= 0.3 is 11.9 Å². The molecule has 1 aromatic heterocycles. The van der Waals surface area contributed by atoms with Gasteiger partial charge in [0.2, 0.25) is 0 Å². The molecule has 0 bridgehead atoms. The van der Waals surface area contributed by atoms with Crippen LogP contribution in [-0.2, 0) is 36.9 Å². The van der Waals surface area contributed by atoms with Crippen LogP contribution in [0.4, 0.5) is 5.00 Å². The quantitative estimate of drug-likeness (QED) is 0.633. The third kappa shape index (κ3) is 5.18. The van der Waals surface area contributed by atoms with Crippen LogP contribution < -0.4 is 5.32 Å². The third-order valence-corrected chi connectivity index (χ3v) is 7.63. The number of carbonyl (C=O) groups is 3. The van der Waals surface area contributed by atoms with Crippen molar-refractivity contribution in [1.82, 2.24) is 0 Å². The Hall–Kier alpha value is -2.72. The first-order valence-electron chi connectivity index (χ1n) is 10.0. The van der Waals surface area contributed by atoms with Gasteiger partial charge in [0.1, 0.15) is 5.00 Å². The highest BCUT2D eigenvalue weighted by Crippen LogP contribution is 2.40. The lowest BCUT2D eigenvalue weighted by Gasteiger charge is -2.18. The van der Waals surface area contributed by atoms with E-state index >= 15 is 0 Å². The number of thiophene rings is 1. The summed E-state index contributed by atoms with van der Waals surface area (Å²) in [6, 6.07) is 4.14. The van der Waals surface area contributed by atoms with Crippen molar-refractivity contribution in [2.45, 2.75) is 38.0 Å². The number of aryl methyl sites for hydroxylation is 1. The van der Waals surface area contributed by atoms with E-state index in [0.29, 0.717) is 22.0 Å². The smallest absolute Gasteiger partial charge is 0.341 e. The molecule has 172 valence electrons. The molecule has 32 heavy (non-hydrogen) atoms. The number of ether oxygens (including phenoxy) is 2. The van der Waals surface area contributed by atoms with E-state index in [9.17, 15) is 22.8 Å². The van der Waals surface area contributed by atoms with E-state index in [-0.39, 0.29) is 10.5 Å². The second-order valence-electron chi connectivity index (χ2n) is 7.92. The van der Waals surface area contributed by atoms with E-state index in [1.165, 1.54) is 36.6 Å². The van der Waals surface area contributed by atoms with Crippen molar-refractivity contribution in [2.75, 3.05) is 25.3 Å². The molecule has 1 aromatic carbocycles. The van der Waals surface area contributed by atoms with Gasteiger partial charge in [-0.1, -0.05) is 13.0 Å². The Morgan fingerprint density at radius 1 is 1.22 bits per heavy atom. The van der Waals surface area contributed by atoms with Gasteiger partial charge in [-0.15, -0.1) is 11.3 Å². The Morgan fingerprint density at radius 2 is 1.94 bits per heavy atom. The number of esters is 2. The van der Waals surface area contributed by atoms with Crippen molar-refractivity contribution in [3.8, 4) is 0 Å². The Balaban J connectivity index is 1.73. The summed E-state index contributed by atoms with van der Waals surface area (Å²) in [6.45, 7) is 3.20. The summed E-state index contributed by atoms with van der Waals surface area (Å²) in [7, 11) is -2.21. The fourth-order valence-corrected chi connectivity index (χ4v) is 5.64. The van der Waals surface area contributed by atoms with Crippen molar-refractivity contribution in [2.24, 2.45) is 5.92 Å². The summed E-state index contributed by atoms with van der Waals surface area (Å²) in [4.78, 5) is 38.3. The predicted molar refractivity (Wildman–Crippen MR) is 120 cm³/mol. The SMILES string of the molecule is COC(=O)c1c(NC(=O)COC(=O)c2cc(S(C)(=O)=O)ccc2C)sc2c1CCC(C)C2. The maximum atomic E-state index is 12.5. The zero-order valence-electron chi connectivity index (χ0n) is 18.3. The number of anilines is 1.